The number of hydrogen-bond donors (Lipinski definition) is 3. The third-order valence-electron chi connectivity index (χ3n) is 6.67. The summed E-state index contributed by atoms with van der Waals surface area (Å²) in [5, 5.41) is 29.8. The van der Waals surface area contributed by atoms with Crippen molar-refractivity contribution in [2.75, 3.05) is 6.61 Å². The molecule has 2 aliphatic rings. The fourth-order valence-corrected chi connectivity index (χ4v) is 5.24. The van der Waals surface area contributed by atoms with E-state index in [1.807, 2.05) is 12.1 Å². The van der Waals surface area contributed by atoms with Crippen LogP contribution in [0.25, 0.3) is 0 Å². The molecule has 2 aliphatic carbocycles. The first-order chi connectivity index (χ1) is 13.5. The van der Waals surface area contributed by atoms with E-state index in [9.17, 15) is 15.0 Å². The van der Waals surface area contributed by atoms with Crippen molar-refractivity contribution in [2.45, 2.75) is 76.9 Å². The number of carboxylic acids is 1. The standard InChI is InChI=1S/C23H34O5.Na/c1-2-3-4-7-17(24)9-10-18-19-11-15-6-5-8-22(28-14-23(26)27)20(15)12-16(19)13-21(18)25;/h5-6,8,16-19,21,24-25H,2-4,7,9-14H2,1H3,(H,26,27);/t16-,17-,18+,19-,21+;/m0./s1. The number of aliphatic carboxylic acids is 1. The molecule has 29 heavy (non-hydrogen) atoms. The Bertz CT molecular complexity index is 665. The van der Waals surface area contributed by atoms with E-state index in [1.54, 1.807) is 0 Å². The van der Waals surface area contributed by atoms with Crippen molar-refractivity contribution < 1.29 is 24.9 Å². The van der Waals surface area contributed by atoms with Gasteiger partial charge in [0.05, 0.1) is 12.2 Å². The summed E-state index contributed by atoms with van der Waals surface area (Å²) in [6.07, 6.45) is 7.85. The molecule has 0 spiro atoms. The van der Waals surface area contributed by atoms with Gasteiger partial charge in [-0.05, 0) is 73.5 Å². The average Bonchev–Trinajstić information content (AvgIpc) is 2.97. The molecule has 3 rings (SSSR count). The zero-order valence-corrected chi connectivity index (χ0v) is 19.8. The molecule has 0 aliphatic heterocycles. The van der Waals surface area contributed by atoms with Gasteiger partial charge in [-0.15, -0.1) is 0 Å². The second-order valence-electron chi connectivity index (χ2n) is 8.60. The maximum atomic E-state index is 10.8. The fraction of sp³-hybridized carbons (Fsp3) is 0.696. The first kappa shape index (κ1) is 24.7. The number of carboxylic acid groups (broad SMARTS) is 1. The SMILES string of the molecule is CCCCC[C@H](O)CC[C@@H]1[C@H]2Cc3cccc(OCC(=O)O)c3C[C@H]2C[C@H]1O.[Na]. The van der Waals surface area contributed by atoms with Crippen molar-refractivity contribution in [3.8, 4) is 5.75 Å². The van der Waals surface area contributed by atoms with Crippen LogP contribution in [0.1, 0.15) is 63.0 Å². The predicted molar refractivity (Wildman–Crippen MR) is 113 cm³/mol. The maximum absolute atomic E-state index is 10.8. The smallest absolute Gasteiger partial charge is 0.341 e. The van der Waals surface area contributed by atoms with Crippen molar-refractivity contribution in [2.24, 2.45) is 17.8 Å². The van der Waals surface area contributed by atoms with Gasteiger partial charge in [0.15, 0.2) is 6.61 Å². The molecule has 1 aromatic carbocycles. The number of aliphatic hydroxyl groups is 2. The molecule has 0 bridgehead atoms. The summed E-state index contributed by atoms with van der Waals surface area (Å²) in [6.45, 7) is 1.84. The summed E-state index contributed by atoms with van der Waals surface area (Å²) >= 11 is 0. The minimum Gasteiger partial charge on any atom is -0.482 e. The van der Waals surface area contributed by atoms with E-state index in [0.717, 1.165) is 63.4 Å². The van der Waals surface area contributed by atoms with Crippen molar-refractivity contribution in [1.29, 1.82) is 0 Å². The Morgan fingerprint density at radius 2 is 2.03 bits per heavy atom. The van der Waals surface area contributed by atoms with Crippen molar-refractivity contribution in [3.63, 3.8) is 0 Å². The average molecular weight is 414 g/mol. The zero-order valence-electron chi connectivity index (χ0n) is 17.8. The van der Waals surface area contributed by atoms with Crippen LogP contribution in [0.5, 0.6) is 5.75 Å². The predicted octanol–water partition coefficient (Wildman–Crippen LogP) is 3.20. The Morgan fingerprint density at radius 3 is 2.76 bits per heavy atom. The van der Waals surface area contributed by atoms with Gasteiger partial charge < -0.3 is 20.1 Å². The normalized spacial score (nSPS) is 26.2. The first-order valence-corrected chi connectivity index (χ1v) is 10.8. The second-order valence-corrected chi connectivity index (χ2v) is 8.60. The largest absolute Gasteiger partial charge is 0.482 e. The maximum Gasteiger partial charge on any atom is 0.341 e. The van der Waals surface area contributed by atoms with Gasteiger partial charge >= 0.3 is 5.97 Å². The van der Waals surface area contributed by atoms with Crippen LogP contribution in [0, 0.1) is 17.8 Å². The van der Waals surface area contributed by atoms with Crippen molar-refractivity contribution in [3.05, 3.63) is 29.3 Å². The minimum atomic E-state index is -0.972. The van der Waals surface area contributed by atoms with Crippen LogP contribution >= 0.6 is 0 Å². The molecular formula is C23H34NaO5. The van der Waals surface area contributed by atoms with Crippen LogP contribution in [0.3, 0.4) is 0 Å². The van der Waals surface area contributed by atoms with Gasteiger partial charge in [0.2, 0.25) is 0 Å². The van der Waals surface area contributed by atoms with E-state index in [1.165, 1.54) is 5.56 Å². The first-order valence-electron chi connectivity index (χ1n) is 10.8. The molecule has 0 saturated heterocycles. The number of fused-ring (bicyclic) bond motifs is 2. The zero-order chi connectivity index (χ0) is 20.1. The molecule has 1 radical (unpaired) electrons. The van der Waals surface area contributed by atoms with E-state index in [4.69, 9.17) is 9.84 Å². The quantitative estimate of drug-likeness (QED) is 0.405. The molecule has 6 heteroatoms. The van der Waals surface area contributed by atoms with Gasteiger partial charge in [0.25, 0.3) is 0 Å². The molecule has 0 heterocycles. The van der Waals surface area contributed by atoms with E-state index in [-0.39, 0.29) is 54.3 Å². The number of unbranched alkanes of at least 4 members (excludes halogenated alkanes) is 2. The number of rotatable bonds is 10. The van der Waals surface area contributed by atoms with Gasteiger partial charge in [0, 0.05) is 29.6 Å². The molecule has 0 unspecified atom stereocenters. The Hall–Kier alpha value is -0.590. The Labute approximate surface area is 196 Å². The van der Waals surface area contributed by atoms with Gasteiger partial charge in [0.1, 0.15) is 5.75 Å². The van der Waals surface area contributed by atoms with E-state index in [0.29, 0.717) is 17.6 Å². The molecule has 3 N–H and O–H groups in total. The Balaban J connectivity index is 0.00000300. The number of benzene rings is 1. The van der Waals surface area contributed by atoms with Crippen molar-refractivity contribution in [1.82, 2.24) is 0 Å². The van der Waals surface area contributed by atoms with Crippen LogP contribution in [0.15, 0.2) is 18.2 Å². The van der Waals surface area contributed by atoms with Crippen LogP contribution in [-0.4, -0.2) is 69.7 Å². The molecule has 0 aromatic heterocycles. The monoisotopic (exact) mass is 413 g/mol. The van der Waals surface area contributed by atoms with Crippen LogP contribution < -0.4 is 4.74 Å². The van der Waals surface area contributed by atoms with E-state index in [2.05, 4.69) is 13.0 Å². The number of ether oxygens (including phenoxy) is 1. The van der Waals surface area contributed by atoms with Gasteiger partial charge in [-0.2, -0.15) is 0 Å². The Morgan fingerprint density at radius 1 is 1.24 bits per heavy atom. The van der Waals surface area contributed by atoms with E-state index < -0.39 is 5.97 Å². The molecule has 1 aromatic rings. The van der Waals surface area contributed by atoms with Crippen LogP contribution in [0.4, 0.5) is 0 Å². The second kappa shape index (κ2) is 11.7. The third kappa shape index (κ3) is 6.44. The molecule has 1 saturated carbocycles. The number of aliphatic hydroxyl groups excluding tert-OH is 2. The molecule has 0 amide bonds. The summed E-state index contributed by atoms with van der Waals surface area (Å²) in [5.41, 5.74) is 2.32. The molecule has 157 valence electrons. The van der Waals surface area contributed by atoms with Crippen LogP contribution in [-0.2, 0) is 17.6 Å². The van der Waals surface area contributed by atoms with E-state index >= 15 is 0 Å². The molecule has 5 atom stereocenters. The number of hydrogen-bond acceptors (Lipinski definition) is 4. The summed E-state index contributed by atoms with van der Waals surface area (Å²) in [6, 6.07) is 5.87. The van der Waals surface area contributed by atoms with Gasteiger partial charge in [-0.1, -0.05) is 38.3 Å². The molecular weight excluding hydrogens is 379 g/mol. The van der Waals surface area contributed by atoms with Gasteiger partial charge in [-0.3, -0.25) is 0 Å². The third-order valence-corrected chi connectivity index (χ3v) is 6.67. The van der Waals surface area contributed by atoms with Gasteiger partial charge in [-0.25, -0.2) is 4.79 Å². The fourth-order valence-electron chi connectivity index (χ4n) is 5.24. The summed E-state index contributed by atoms with van der Waals surface area (Å²) in [5.74, 6) is 0.768. The molecule has 1 fully saturated rings. The summed E-state index contributed by atoms with van der Waals surface area (Å²) < 4.78 is 5.50. The minimum absolute atomic E-state index is 0. The summed E-state index contributed by atoms with van der Waals surface area (Å²) in [7, 11) is 0. The number of carbonyl (C=O) groups is 1. The molecule has 5 nitrogen and oxygen atoms in total. The van der Waals surface area contributed by atoms with Crippen LogP contribution in [0.2, 0.25) is 0 Å². The topological polar surface area (TPSA) is 87.0 Å². The Kier molecular flexibility index (Phi) is 9.96. The van der Waals surface area contributed by atoms with Crippen molar-refractivity contribution >= 4 is 35.5 Å². The summed E-state index contributed by atoms with van der Waals surface area (Å²) in [4.78, 5) is 10.8.